The van der Waals surface area contributed by atoms with Crippen molar-refractivity contribution in [3.05, 3.63) is 47.4 Å². The second-order valence-electron chi connectivity index (χ2n) is 5.84. The molecule has 0 radical (unpaired) electrons. The van der Waals surface area contributed by atoms with Gasteiger partial charge < -0.3 is 5.73 Å². The fourth-order valence-corrected chi connectivity index (χ4v) is 2.23. The van der Waals surface area contributed by atoms with Gasteiger partial charge in [0.05, 0.1) is 11.7 Å². The maximum Gasteiger partial charge on any atom is 0.145 e. The molecule has 0 fully saturated rings. The van der Waals surface area contributed by atoms with Gasteiger partial charge in [-0.3, -0.25) is 0 Å². The Kier molecular flexibility index (Phi) is 4.50. The average Bonchev–Trinajstić information content (AvgIpc) is 2.38. The fraction of sp³-hybridized carbons (Fsp3) is 0.412. The van der Waals surface area contributed by atoms with E-state index in [1.807, 2.05) is 19.9 Å². The van der Waals surface area contributed by atoms with Crippen molar-refractivity contribution in [2.45, 2.75) is 40.2 Å². The highest BCUT2D eigenvalue weighted by molar-refractivity contribution is 5.59. The first-order valence-corrected chi connectivity index (χ1v) is 7.16. The summed E-state index contributed by atoms with van der Waals surface area (Å²) in [6.45, 7) is 8.35. The molecule has 0 amide bonds. The van der Waals surface area contributed by atoms with Gasteiger partial charge in [-0.25, -0.2) is 9.97 Å². The van der Waals surface area contributed by atoms with Crippen molar-refractivity contribution in [3.8, 4) is 11.3 Å². The molecule has 1 atom stereocenters. The van der Waals surface area contributed by atoms with Crippen molar-refractivity contribution >= 4 is 0 Å². The minimum Gasteiger partial charge on any atom is -0.322 e. The Balaban J connectivity index is 2.31. The third-order valence-electron chi connectivity index (χ3n) is 3.17. The second kappa shape index (κ2) is 6.14. The summed E-state index contributed by atoms with van der Waals surface area (Å²) in [4.78, 5) is 8.94. The number of hydrogen-bond acceptors (Lipinski definition) is 3. The van der Waals surface area contributed by atoms with Gasteiger partial charge in [0.1, 0.15) is 5.82 Å². The van der Waals surface area contributed by atoms with Gasteiger partial charge in [0.25, 0.3) is 0 Å². The molecule has 1 aromatic carbocycles. The van der Waals surface area contributed by atoms with Crippen molar-refractivity contribution in [2.24, 2.45) is 11.7 Å². The predicted octanol–water partition coefficient (Wildman–Crippen LogP) is 3.67. The van der Waals surface area contributed by atoms with Crippen LogP contribution >= 0.6 is 0 Å². The molecular weight excluding hydrogens is 246 g/mol. The van der Waals surface area contributed by atoms with Crippen LogP contribution < -0.4 is 5.73 Å². The summed E-state index contributed by atoms with van der Waals surface area (Å²) < 4.78 is 0. The molecule has 2 aromatic rings. The zero-order valence-corrected chi connectivity index (χ0v) is 12.7. The Hall–Kier alpha value is -1.74. The van der Waals surface area contributed by atoms with E-state index < -0.39 is 0 Å². The lowest BCUT2D eigenvalue weighted by molar-refractivity contribution is 0.647. The Morgan fingerprint density at radius 3 is 2.25 bits per heavy atom. The molecule has 1 heterocycles. The number of nitrogens with zero attached hydrogens (tertiary/aromatic N) is 2. The molecule has 0 saturated carbocycles. The Bertz CT molecular complexity index is 571. The minimum absolute atomic E-state index is 0.145. The molecule has 20 heavy (non-hydrogen) atoms. The molecule has 0 spiro atoms. The minimum atomic E-state index is -0.145. The van der Waals surface area contributed by atoms with Crippen molar-refractivity contribution in [1.82, 2.24) is 9.97 Å². The Labute approximate surface area is 121 Å². The highest BCUT2D eigenvalue weighted by atomic mass is 14.9. The maximum atomic E-state index is 5.88. The van der Waals surface area contributed by atoms with Crippen molar-refractivity contribution in [2.75, 3.05) is 0 Å². The highest BCUT2D eigenvalue weighted by Gasteiger charge is 2.08. The average molecular weight is 269 g/mol. The van der Waals surface area contributed by atoms with Gasteiger partial charge >= 0.3 is 0 Å². The largest absolute Gasteiger partial charge is 0.322 e. The predicted molar refractivity (Wildman–Crippen MR) is 83.3 cm³/mol. The molecule has 0 aliphatic carbocycles. The monoisotopic (exact) mass is 269 g/mol. The number of aromatic nitrogens is 2. The molecule has 0 saturated heterocycles. The van der Waals surface area contributed by atoms with Gasteiger partial charge in [-0.15, -0.1) is 0 Å². The van der Waals surface area contributed by atoms with Gasteiger partial charge in [0.15, 0.2) is 0 Å². The first kappa shape index (κ1) is 14.7. The number of benzene rings is 1. The number of hydrogen-bond donors (Lipinski definition) is 1. The van der Waals surface area contributed by atoms with Crippen LogP contribution in [0.3, 0.4) is 0 Å². The zero-order chi connectivity index (χ0) is 14.7. The van der Waals surface area contributed by atoms with E-state index in [0.29, 0.717) is 11.7 Å². The quantitative estimate of drug-likeness (QED) is 0.921. The van der Waals surface area contributed by atoms with E-state index in [9.17, 15) is 0 Å². The number of nitrogens with two attached hydrogens (primary N) is 1. The first-order chi connectivity index (χ1) is 9.45. The van der Waals surface area contributed by atoms with E-state index >= 15 is 0 Å². The molecule has 0 aliphatic rings. The third-order valence-corrected chi connectivity index (χ3v) is 3.17. The van der Waals surface area contributed by atoms with Crippen molar-refractivity contribution in [1.29, 1.82) is 0 Å². The van der Waals surface area contributed by atoms with Crippen LogP contribution in [0.4, 0.5) is 0 Å². The summed E-state index contributed by atoms with van der Waals surface area (Å²) in [6, 6.07) is 10.5. The fourth-order valence-electron chi connectivity index (χ4n) is 2.23. The van der Waals surface area contributed by atoms with Crippen LogP contribution in [-0.2, 0) is 6.42 Å². The summed E-state index contributed by atoms with van der Waals surface area (Å²) in [6.07, 6.45) is 1.11. The van der Waals surface area contributed by atoms with Gasteiger partial charge in [0.2, 0.25) is 0 Å². The second-order valence-corrected chi connectivity index (χ2v) is 5.84. The lowest BCUT2D eigenvalue weighted by atomic mass is 10.0. The van der Waals surface area contributed by atoms with E-state index in [1.54, 1.807) is 0 Å². The van der Waals surface area contributed by atoms with E-state index in [4.69, 9.17) is 5.73 Å². The van der Waals surface area contributed by atoms with E-state index in [1.165, 1.54) is 5.56 Å². The number of rotatable bonds is 4. The SMILES string of the molecule is Cc1cc(-c2ccc(CC(C)C)cc2)nc(C(C)N)n1. The van der Waals surface area contributed by atoms with Crippen LogP contribution in [-0.4, -0.2) is 9.97 Å². The van der Waals surface area contributed by atoms with Gasteiger partial charge in [-0.1, -0.05) is 38.1 Å². The summed E-state index contributed by atoms with van der Waals surface area (Å²) in [7, 11) is 0. The molecule has 1 unspecified atom stereocenters. The first-order valence-electron chi connectivity index (χ1n) is 7.16. The molecule has 106 valence electrons. The van der Waals surface area contributed by atoms with E-state index in [0.717, 1.165) is 23.4 Å². The Morgan fingerprint density at radius 1 is 1.05 bits per heavy atom. The van der Waals surface area contributed by atoms with Gasteiger partial charge in [0, 0.05) is 11.3 Å². The Morgan fingerprint density at radius 2 is 1.70 bits per heavy atom. The summed E-state index contributed by atoms with van der Waals surface area (Å²) in [5.74, 6) is 1.37. The number of aryl methyl sites for hydroxylation is 1. The molecule has 2 N–H and O–H groups in total. The molecule has 3 nitrogen and oxygen atoms in total. The van der Waals surface area contributed by atoms with Crippen molar-refractivity contribution < 1.29 is 0 Å². The van der Waals surface area contributed by atoms with Crippen molar-refractivity contribution in [3.63, 3.8) is 0 Å². The third kappa shape index (κ3) is 3.64. The van der Waals surface area contributed by atoms with Crippen LogP contribution in [0.25, 0.3) is 11.3 Å². The molecule has 1 aromatic heterocycles. The maximum absolute atomic E-state index is 5.88. The molecular formula is C17H23N3. The smallest absolute Gasteiger partial charge is 0.145 e. The van der Waals surface area contributed by atoms with Gasteiger partial charge in [-0.05, 0) is 37.8 Å². The standard InChI is InChI=1S/C17H23N3/c1-11(2)9-14-5-7-15(8-6-14)16-10-12(3)19-17(20-16)13(4)18/h5-8,10-11,13H,9,18H2,1-4H3. The van der Waals surface area contributed by atoms with Crippen LogP contribution in [0, 0.1) is 12.8 Å². The van der Waals surface area contributed by atoms with Crippen LogP contribution in [0.1, 0.15) is 43.9 Å². The van der Waals surface area contributed by atoms with E-state index in [2.05, 4.69) is 48.1 Å². The molecule has 2 rings (SSSR count). The molecule has 0 aliphatic heterocycles. The highest BCUT2D eigenvalue weighted by Crippen LogP contribution is 2.20. The molecule has 3 heteroatoms. The zero-order valence-electron chi connectivity index (χ0n) is 12.7. The normalized spacial score (nSPS) is 12.7. The summed E-state index contributed by atoms with van der Waals surface area (Å²) in [5, 5.41) is 0. The summed E-state index contributed by atoms with van der Waals surface area (Å²) in [5.41, 5.74) is 10.3. The van der Waals surface area contributed by atoms with Crippen LogP contribution in [0.15, 0.2) is 30.3 Å². The molecule has 0 bridgehead atoms. The van der Waals surface area contributed by atoms with Gasteiger partial charge in [-0.2, -0.15) is 0 Å². The lowest BCUT2D eigenvalue weighted by Crippen LogP contribution is -2.11. The van der Waals surface area contributed by atoms with E-state index in [-0.39, 0.29) is 6.04 Å². The lowest BCUT2D eigenvalue weighted by Gasteiger charge is -2.10. The summed E-state index contributed by atoms with van der Waals surface area (Å²) >= 11 is 0. The van der Waals surface area contributed by atoms with Crippen LogP contribution in [0.5, 0.6) is 0 Å². The topological polar surface area (TPSA) is 51.8 Å². The van der Waals surface area contributed by atoms with Crippen LogP contribution in [0.2, 0.25) is 0 Å².